The molecule has 0 atom stereocenters. The van der Waals surface area contributed by atoms with E-state index in [-0.39, 0.29) is 12.4 Å². The molecule has 0 bridgehead atoms. The minimum atomic E-state index is 0. The van der Waals surface area contributed by atoms with Crippen molar-refractivity contribution in [3.8, 4) is 0 Å². The van der Waals surface area contributed by atoms with Gasteiger partial charge in [-0.2, -0.15) is 0 Å². The van der Waals surface area contributed by atoms with Crippen molar-refractivity contribution < 1.29 is 4.74 Å². The van der Waals surface area contributed by atoms with Crippen molar-refractivity contribution in [2.75, 3.05) is 13.2 Å². The lowest BCUT2D eigenvalue weighted by Crippen LogP contribution is -2.24. The highest BCUT2D eigenvalue weighted by atomic mass is 35.5. The number of ether oxygens (including phenoxy) is 1. The van der Waals surface area contributed by atoms with E-state index in [0.717, 1.165) is 13.2 Å². The summed E-state index contributed by atoms with van der Waals surface area (Å²) in [5.41, 5.74) is 8.06. The van der Waals surface area contributed by atoms with Crippen LogP contribution in [0.1, 0.15) is 17.0 Å². The van der Waals surface area contributed by atoms with Gasteiger partial charge >= 0.3 is 0 Å². The van der Waals surface area contributed by atoms with Gasteiger partial charge in [-0.1, -0.05) is 24.3 Å². The van der Waals surface area contributed by atoms with Crippen LogP contribution in [0.15, 0.2) is 24.3 Å². The van der Waals surface area contributed by atoms with Crippen molar-refractivity contribution in [2.45, 2.75) is 12.5 Å². The van der Waals surface area contributed by atoms with Crippen LogP contribution in [0.4, 0.5) is 0 Å². The molecule has 0 radical (unpaired) electrons. The highest BCUT2D eigenvalue weighted by molar-refractivity contribution is 5.85. The molecule has 0 aliphatic carbocycles. The normalized spacial score (nSPS) is 16.1. The van der Waals surface area contributed by atoms with Crippen LogP contribution in [0.25, 0.3) is 0 Å². The summed E-state index contributed by atoms with van der Waals surface area (Å²) in [5, 5.41) is 0. The van der Waals surface area contributed by atoms with E-state index < -0.39 is 0 Å². The van der Waals surface area contributed by atoms with Crippen LogP contribution in [-0.4, -0.2) is 13.2 Å². The average Bonchev–Trinajstić information content (AvgIpc) is 2.03. The fraction of sp³-hybridized carbons (Fsp3) is 0.400. The van der Waals surface area contributed by atoms with Crippen molar-refractivity contribution in [3.05, 3.63) is 35.4 Å². The first-order valence-electron chi connectivity index (χ1n) is 4.27. The molecule has 1 aromatic rings. The lowest BCUT2D eigenvalue weighted by Gasteiger charge is -2.26. The molecule has 1 heterocycles. The van der Waals surface area contributed by atoms with Crippen molar-refractivity contribution in [2.24, 2.45) is 5.73 Å². The molecule has 0 amide bonds. The third-order valence-corrected chi connectivity index (χ3v) is 2.32. The second-order valence-corrected chi connectivity index (χ2v) is 3.18. The van der Waals surface area contributed by atoms with Crippen molar-refractivity contribution in [3.63, 3.8) is 0 Å². The molecule has 0 unspecified atom stereocenters. The Kier molecular flexibility index (Phi) is 3.72. The molecule has 2 rings (SSSR count). The molecule has 0 spiro atoms. The van der Waals surface area contributed by atoms with E-state index in [1.165, 1.54) is 11.1 Å². The Bertz CT molecular complexity index is 256. The molecule has 72 valence electrons. The van der Waals surface area contributed by atoms with Crippen LogP contribution in [0.5, 0.6) is 0 Å². The van der Waals surface area contributed by atoms with E-state index in [1.54, 1.807) is 0 Å². The third kappa shape index (κ3) is 2.21. The number of halogens is 1. The van der Waals surface area contributed by atoms with Crippen LogP contribution in [-0.2, 0) is 11.3 Å². The summed E-state index contributed by atoms with van der Waals surface area (Å²) in [6.45, 7) is 2.38. The predicted molar refractivity (Wildman–Crippen MR) is 55.1 cm³/mol. The lowest BCUT2D eigenvalue weighted by atomic mass is 9.97. The molecule has 2 nitrogen and oxygen atoms in total. The van der Waals surface area contributed by atoms with Crippen molar-refractivity contribution in [1.82, 2.24) is 0 Å². The Balaban J connectivity index is 0.000000845. The Morgan fingerprint density at radius 1 is 1.23 bits per heavy atom. The summed E-state index contributed by atoms with van der Waals surface area (Å²) in [6.07, 6.45) is 0. The molecular formula is C10H14ClNO. The molecule has 1 aliphatic heterocycles. The van der Waals surface area contributed by atoms with Gasteiger partial charge in [-0.25, -0.2) is 0 Å². The summed E-state index contributed by atoms with van der Waals surface area (Å²) < 4.78 is 5.12. The molecule has 1 saturated heterocycles. The quantitative estimate of drug-likeness (QED) is 0.787. The van der Waals surface area contributed by atoms with E-state index in [4.69, 9.17) is 10.5 Å². The molecule has 1 fully saturated rings. The minimum Gasteiger partial charge on any atom is -0.380 e. The number of nitrogens with two attached hydrogens (primary N) is 1. The summed E-state index contributed by atoms with van der Waals surface area (Å²) in [6, 6.07) is 8.48. The van der Waals surface area contributed by atoms with Crippen LogP contribution in [0, 0.1) is 0 Å². The van der Waals surface area contributed by atoms with E-state index in [2.05, 4.69) is 24.3 Å². The standard InChI is InChI=1S/C10H13NO.ClH/c11-5-8-1-3-9(4-2-8)10-6-12-7-10;/h1-4,10H,5-7,11H2;1H. The van der Waals surface area contributed by atoms with Crippen LogP contribution in [0.3, 0.4) is 0 Å². The van der Waals surface area contributed by atoms with Gasteiger partial charge in [0.25, 0.3) is 0 Å². The van der Waals surface area contributed by atoms with Crippen molar-refractivity contribution in [1.29, 1.82) is 0 Å². The Morgan fingerprint density at radius 3 is 2.23 bits per heavy atom. The van der Waals surface area contributed by atoms with Gasteiger partial charge in [0.1, 0.15) is 0 Å². The summed E-state index contributed by atoms with van der Waals surface area (Å²) >= 11 is 0. The van der Waals surface area contributed by atoms with Gasteiger partial charge in [-0.05, 0) is 11.1 Å². The summed E-state index contributed by atoms with van der Waals surface area (Å²) in [5.74, 6) is 0.622. The fourth-order valence-corrected chi connectivity index (χ4v) is 1.35. The average molecular weight is 200 g/mol. The number of hydrogen-bond acceptors (Lipinski definition) is 2. The van der Waals surface area contributed by atoms with Gasteiger partial charge in [-0.15, -0.1) is 12.4 Å². The molecular weight excluding hydrogens is 186 g/mol. The zero-order valence-electron chi connectivity index (χ0n) is 7.40. The van der Waals surface area contributed by atoms with Gasteiger partial charge in [-0.3, -0.25) is 0 Å². The second kappa shape index (κ2) is 4.61. The van der Waals surface area contributed by atoms with Gasteiger partial charge in [0, 0.05) is 12.5 Å². The first-order chi connectivity index (χ1) is 5.90. The van der Waals surface area contributed by atoms with Crippen LogP contribution in [0.2, 0.25) is 0 Å². The molecule has 1 aromatic carbocycles. The van der Waals surface area contributed by atoms with Gasteiger partial charge in [0.05, 0.1) is 13.2 Å². The molecule has 0 aromatic heterocycles. The highest BCUT2D eigenvalue weighted by Gasteiger charge is 2.19. The van der Waals surface area contributed by atoms with Gasteiger partial charge < -0.3 is 10.5 Å². The molecule has 0 saturated carbocycles. The topological polar surface area (TPSA) is 35.2 Å². The van der Waals surface area contributed by atoms with Gasteiger partial charge in [0.15, 0.2) is 0 Å². The lowest BCUT2D eigenvalue weighted by molar-refractivity contribution is 0.00842. The summed E-state index contributed by atoms with van der Waals surface area (Å²) in [7, 11) is 0. The molecule has 1 aliphatic rings. The van der Waals surface area contributed by atoms with E-state index in [9.17, 15) is 0 Å². The van der Waals surface area contributed by atoms with E-state index in [0.29, 0.717) is 12.5 Å². The largest absolute Gasteiger partial charge is 0.380 e. The SMILES string of the molecule is Cl.NCc1ccc(C2COC2)cc1. The number of rotatable bonds is 2. The Morgan fingerprint density at radius 2 is 1.85 bits per heavy atom. The first-order valence-corrected chi connectivity index (χ1v) is 4.27. The maximum absolute atomic E-state index is 5.50. The Labute approximate surface area is 84.5 Å². The van der Waals surface area contributed by atoms with E-state index >= 15 is 0 Å². The molecule has 2 N–H and O–H groups in total. The predicted octanol–water partition coefficient (Wildman–Crippen LogP) is 1.68. The first kappa shape index (κ1) is 10.5. The van der Waals surface area contributed by atoms with Crippen LogP contribution >= 0.6 is 12.4 Å². The maximum Gasteiger partial charge on any atom is 0.0557 e. The zero-order chi connectivity index (χ0) is 8.39. The minimum absolute atomic E-state index is 0. The van der Waals surface area contributed by atoms with E-state index in [1.807, 2.05) is 0 Å². The smallest absolute Gasteiger partial charge is 0.0557 e. The third-order valence-electron chi connectivity index (χ3n) is 2.32. The fourth-order valence-electron chi connectivity index (χ4n) is 1.35. The Hall–Kier alpha value is -0.570. The number of benzene rings is 1. The molecule has 3 heteroatoms. The maximum atomic E-state index is 5.50. The van der Waals surface area contributed by atoms with Crippen LogP contribution < -0.4 is 5.73 Å². The van der Waals surface area contributed by atoms with Crippen molar-refractivity contribution >= 4 is 12.4 Å². The number of hydrogen-bond donors (Lipinski definition) is 1. The summed E-state index contributed by atoms with van der Waals surface area (Å²) in [4.78, 5) is 0. The monoisotopic (exact) mass is 199 g/mol. The molecule has 13 heavy (non-hydrogen) atoms. The zero-order valence-corrected chi connectivity index (χ0v) is 8.22. The van der Waals surface area contributed by atoms with Gasteiger partial charge in [0.2, 0.25) is 0 Å². The highest BCUT2D eigenvalue weighted by Crippen LogP contribution is 2.23. The second-order valence-electron chi connectivity index (χ2n) is 3.18.